The van der Waals surface area contributed by atoms with E-state index in [9.17, 15) is 4.79 Å². The maximum Gasteiger partial charge on any atom is 0.164 e. The summed E-state index contributed by atoms with van der Waals surface area (Å²) in [6.07, 6.45) is 2.95. The van der Waals surface area contributed by atoms with E-state index in [1.807, 2.05) is 37.3 Å². The Kier molecular flexibility index (Phi) is 3.49. The lowest BCUT2D eigenvalue weighted by atomic mass is 10.0. The second-order valence-corrected chi connectivity index (χ2v) is 4.21. The van der Waals surface area contributed by atoms with Crippen molar-refractivity contribution < 1.29 is 4.79 Å². The van der Waals surface area contributed by atoms with Crippen molar-refractivity contribution in [1.82, 2.24) is 4.98 Å². The summed E-state index contributed by atoms with van der Waals surface area (Å²) in [5.74, 6) is 0.0897. The molecule has 0 aliphatic carbocycles. The van der Waals surface area contributed by atoms with Crippen LogP contribution < -0.4 is 5.73 Å². The molecule has 2 aromatic rings. The normalized spacial score (nSPS) is 12.6. The number of pyridine rings is 1. The van der Waals surface area contributed by atoms with E-state index in [4.69, 9.17) is 5.73 Å². The van der Waals surface area contributed by atoms with Crippen molar-refractivity contribution in [2.75, 3.05) is 0 Å². The molecule has 1 unspecified atom stereocenters. The first-order valence-electron chi connectivity index (χ1n) is 5.84. The quantitative estimate of drug-likeness (QED) is 0.818. The predicted octanol–water partition coefficient (Wildman–Crippen LogP) is 2.54. The van der Waals surface area contributed by atoms with Gasteiger partial charge in [0.2, 0.25) is 0 Å². The van der Waals surface area contributed by atoms with E-state index in [0.717, 1.165) is 17.3 Å². The molecular formula is C14H16N2O. The lowest BCUT2D eigenvalue weighted by Crippen LogP contribution is -2.22. The molecule has 0 aliphatic rings. The standard InChI is InChI=1S/C14H16N2O/c1-2-12(15)9-14(17)11-6-5-10-4-3-7-16-13(10)8-11/h3-8,12H,2,9,15H2,1H3. The van der Waals surface area contributed by atoms with Gasteiger partial charge < -0.3 is 5.73 Å². The van der Waals surface area contributed by atoms with E-state index in [-0.39, 0.29) is 11.8 Å². The summed E-state index contributed by atoms with van der Waals surface area (Å²) in [5, 5.41) is 1.05. The molecule has 0 spiro atoms. The number of aromatic nitrogens is 1. The summed E-state index contributed by atoms with van der Waals surface area (Å²) in [5.41, 5.74) is 7.33. The van der Waals surface area contributed by atoms with Crippen LogP contribution in [-0.4, -0.2) is 16.8 Å². The van der Waals surface area contributed by atoms with Crippen molar-refractivity contribution in [2.45, 2.75) is 25.8 Å². The Morgan fingerprint density at radius 2 is 2.24 bits per heavy atom. The number of benzene rings is 1. The minimum absolute atomic E-state index is 0.0538. The Bertz CT molecular complexity index is 536. The van der Waals surface area contributed by atoms with Crippen molar-refractivity contribution in [2.24, 2.45) is 5.73 Å². The number of rotatable bonds is 4. The van der Waals surface area contributed by atoms with E-state index in [1.54, 1.807) is 6.20 Å². The van der Waals surface area contributed by atoms with Gasteiger partial charge in [0.05, 0.1) is 5.52 Å². The molecule has 0 radical (unpaired) electrons. The third kappa shape index (κ3) is 2.68. The fourth-order valence-corrected chi connectivity index (χ4v) is 1.74. The maximum atomic E-state index is 11.9. The molecule has 3 heteroatoms. The maximum absolute atomic E-state index is 11.9. The van der Waals surface area contributed by atoms with Crippen LogP contribution in [0.3, 0.4) is 0 Å². The predicted molar refractivity (Wildman–Crippen MR) is 69.0 cm³/mol. The third-order valence-corrected chi connectivity index (χ3v) is 2.90. The van der Waals surface area contributed by atoms with Crippen LogP contribution in [0.2, 0.25) is 0 Å². The molecule has 0 fully saturated rings. The smallest absolute Gasteiger partial charge is 0.164 e. The number of ketones is 1. The van der Waals surface area contributed by atoms with Gasteiger partial charge in [-0.25, -0.2) is 0 Å². The van der Waals surface area contributed by atoms with Gasteiger partial charge in [0, 0.05) is 29.6 Å². The molecule has 17 heavy (non-hydrogen) atoms. The van der Waals surface area contributed by atoms with Crippen LogP contribution in [0.5, 0.6) is 0 Å². The van der Waals surface area contributed by atoms with Gasteiger partial charge in [-0.1, -0.05) is 25.1 Å². The Morgan fingerprint density at radius 3 is 3.00 bits per heavy atom. The first kappa shape index (κ1) is 11.7. The number of hydrogen-bond acceptors (Lipinski definition) is 3. The van der Waals surface area contributed by atoms with Gasteiger partial charge in [0.1, 0.15) is 0 Å². The second-order valence-electron chi connectivity index (χ2n) is 4.21. The van der Waals surface area contributed by atoms with Crippen LogP contribution >= 0.6 is 0 Å². The minimum atomic E-state index is -0.0538. The van der Waals surface area contributed by atoms with E-state index < -0.39 is 0 Å². The Labute approximate surface area is 101 Å². The first-order valence-corrected chi connectivity index (χ1v) is 5.84. The van der Waals surface area contributed by atoms with Crippen LogP contribution in [0.25, 0.3) is 10.9 Å². The molecule has 1 aromatic heterocycles. The number of carbonyl (C=O) groups is 1. The van der Waals surface area contributed by atoms with Gasteiger partial charge in [0.15, 0.2) is 5.78 Å². The average molecular weight is 228 g/mol. The van der Waals surface area contributed by atoms with Crippen molar-refractivity contribution in [1.29, 1.82) is 0 Å². The molecule has 3 nitrogen and oxygen atoms in total. The highest BCUT2D eigenvalue weighted by atomic mass is 16.1. The molecule has 1 heterocycles. The minimum Gasteiger partial charge on any atom is -0.327 e. The van der Waals surface area contributed by atoms with Gasteiger partial charge in [-0.15, -0.1) is 0 Å². The zero-order valence-corrected chi connectivity index (χ0v) is 9.89. The molecule has 2 rings (SSSR count). The molecule has 1 aromatic carbocycles. The molecule has 88 valence electrons. The van der Waals surface area contributed by atoms with Crippen LogP contribution in [-0.2, 0) is 0 Å². The summed E-state index contributed by atoms with van der Waals surface area (Å²) in [4.78, 5) is 16.2. The SMILES string of the molecule is CCC(N)CC(=O)c1ccc2cccnc2c1. The van der Waals surface area contributed by atoms with E-state index in [2.05, 4.69) is 4.98 Å². The average Bonchev–Trinajstić information content (AvgIpc) is 2.38. The number of fused-ring (bicyclic) bond motifs is 1. The fraction of sp³-hybridized carbons (Fsp3) is 0.286. The molecule has 1 atom stereocenters. The Balaban J connectivity index is 2.27. The number of nitrogens with two attached hydrogens (primary N) is 1. The Hall–Kier alpha value is -1.74. The molecular weight excluding hydrogens is 212 g/mol. The fourth-order valence-electron chi connectivity index (χ4n) is 1.74. The van der Waals surface area contributed by atoms with Gasteiger partial charge in [-0.2, -0.15) is 0 Å². The van der Waals surface area contributed by atoms with Crippen molar-refractivity contribution in [3.8, 4) is 0 Å². The van der Waals surface area contributed by atoms with Crippen LogP contribution in [0.1, 0.15) is 30.1 Å². The summed E-state index contributed by atoms with van der Waals surface area (Å²) in [7, 11) is 0. The molecule has 0 saturated heterocycles. The molecule has 0 saturated carbocycles. The van der Waals surface area contributed by atoms with E-state index >= 15 is 0 Å². The molecule has 0 amide bonds. The topological polar surface area (TPSA) is 56.0 Å². The zero-order valence-electron chi connectivity index (χ0n) is 9.89. The highest BCUT2D eigenvalue weighted by Gasteiger charge is 2.10. The Morgan fingerprint density at radius 1 is 1.41 bits per heavy atom. The monoisotopic (exact) mass is 228 g/mol. The number of nitrogens with zero attached hydrogens (tertiary/aromatic N) is 1. The second kappa shape index (κ2) is 5.06. The van der Waals surface area contributed by atoms with E-state index in [0.29, 0.717) is 12.0 Å². The van der Waals surface area contributed by atoms with Crippen LogP contribution in [0, 0.1) is 0 Å². The summed E-state index contributed by atoms with van der Waals surface area (Å²) < 4.78 is 0. The third-order valence-electron chi connectivity index (χ3n) is 2.90. The van der Waals surface area contributed by atoms with Gasteiger partial charge >= 0.3 is 0 Å². The van der Waals surface area contributed by atoms with Crippen LogP contribution in [0.4, 0.5) is 0 Å². The van der Waals surface area contributed by atoms with Crippen molar-refractivity contribution in [3.05, 3.63) is 42.1 Å². The summed E-state index contributed by atoms with van der Waals surface area (Å²) >= 11 is 0. The highest BCUT2D eigenvalue weighted by molar-refractivity contribution is 5.99. The van der Waals surface area contributed by atoms with Crippen molar-refractivity contribution >= 4 is 16.7 Å². The van der Waals surface area contributed by atoms with Gasteiger partial charge in [0.25, 0.3) is 0 Å². The summed E-state index contributed by atoms with van der Waals surface area (Å²) in [6.45, 7) is 1.99. The lowest BCUT2D eigenvalue weighted by molar-refractivity contribution is 0.0974. The van der Waals surface area contributed by atoms with Gasteiger partial charge in [-0.3, -0.25) is 9.78 Å². The van der Waals surface area contributed by atoms with Crippen molar-refractivity contribution in [3.63, 3.8) is 0 Å². The first-order chi connectivity index (χ1) is 8.20. The summed E-state index contributed by atoms with van der Waals surface area (Å²) in [6, 6.07) is 9.41. The molecule has 0 aliphatic heterocycles. The zero-order chi connectivity index (χ0) is 12.3. The highest BCUT2D eigenvalue weighted by Crippen LogP contribution is 2.15. The number of Topliss-reactive ketones (excluding diaryl/α,β-unsaturated/α-hetero) is 1. The van der Waals surface area contributed by atoms with E-state index in [1.165, 1.54) is 0 Å². The lowest BCUT2D eigenvalue weighted by Gasteiger charge is -2.07. The number of hydrogen-bond donors (Lipinski definition) is 1. The van der Waals surface area contributed by atoms with Crippen LogP contribution in [0.15, 0.2) is 36.5 Å². The van der Waals surface area contributed by atoms with Gasteiger partial charge in [-0.05, 0) is 18.6 Å². The largest absolute Gasteiger partial charge is 0.327 e. The molecule has 2 N–H and O–H groups in total. The number of carbonyl (C=O) groups excluding carboxylic acids is 1. The molecule has 0 bridgehead atoms.